The van der Waals surface area contributed by atoms with Crippen LogP contribution >= 0.6 is 0 Å². The first kappa shape index (κ1) is 25.0. The highest BCUT2D eigenvalue weighted by atomic mass is 16.4. The van der Waals surface area contributed by atoms with E-state index in [2.05, 4.69) is 78.3 Å². The van der Waals surface area contributed by atoms with Crippen molar-refractivity contribution in [2.75, 3.05) is 11.9 Å². The Balaban J connectivity index is 1.82. The summed E-state index contributed by atoms with van der Waals surface area (Å²) in [6.45, 7) is 4.44. The molecule has 0 fully saturated rings. The number of nitrogens with two attached hydrogens (primary N) is 1. The average molecular weight is 480 g/mol. The third-order valence-electron chi connectivity index (χ3n) is 6.80. The van der Waals surface area contributed by atoms with E-state index in [0.717, 1.165) is 41.2 Å². The van der Waals surface area contributed by atoms with Crippen molar-refractivity contribution in [1.29, 1.82) is 0 Å². The molecular weight excluding hydrogens is 446 g/mol. The molecule has 5 heteroatoms. The van der Waals surface area contributed by atoms with Gasteiger partial charge in [0.1, 0.15) is 0 Å². The third-order valence-corrected chi connectivity index (χ3v) is 6.80. The molecule has 4 rings (SSSR count). The van der Waals surface area contributed by atoms with Gasteiger partial charge in [-0.2, -0.15) is 0 Å². The number of aliphatic carboxylic acids is 1. The zero-order valence-electron chi connectivity index (χ0n) is 21.1. The molecule has 0 spiro atoms. The lowest BCUT2D eigenvalue weighted by atomic mass is 9.83. The van der Waals surface area contributed by atoms with Crippen molar-refractivity contribution in [3.8, 4) is 0 Å². The zero-order valence-corrected chi connectivity index (χ0v) is 21.1. The lowest BCUT2D eigenvalue weighted by Crippen LogP contribution is -2.43. The topological polar surface area (TPSA) is 78.9 Å². The summed E-state index contributed by atoms with van der Waals surface area (Å²) in [6.07, 6.45) is 8.09. The number of carbonyl (C=O) groups is 1. The fourth-order valence-electron chi connectivity index (χ4n) is 5.01. The Kier molecular flexibility index (Phi) is 7.69. The van der Waals surface area contributed by atoms with E-state index in [1.54, 1.807) is 25.5 Å². The van der Waals surface area contributed by atoms with Crippen molar-refractivity contribution in [1.82, 2.24) is 0 Å². The first-order valence-corrected chi connectivity index (χ1v) is 12.3. The number of aryl methyl sites for hydroxylation is 1. The molecule has 2 unspecified atom stereocenters. The van der Waals surface area contributed by atoms with Gasteiger partial charge in [0.15, 0.2) is 0 Å². The van der Waals surface area contributed by atoms with E-state index >= 15 is 0 Å². The molecule has 1 heterocycles. The first-order valence-electron chi connectivity index (χ1n) is 12.3. The molecule has 3 aromatic rings. The molecule has 0 saturated carbocycles. The summed E-state index contributed by atoms with van der Waals surface area (Å²) in [6, 6.07) is 23.9. The molecule has 184 valence electrons. The van der Waals surface area contributed by atoms with Crippen LogP contribution in [0.1, 0.15) is 53.3 Å². The van der Waals surface area contributed by atoms with Crippen molar-refractivity contribution in [3.63, 3.8) is 0 Å². The van der Waals surface area contributed by atoms with Gasteiger partial charge in [0.05, 0.1) is 6.04 Å². The van der Waals surface area contributed by atoms with E-state index < -0.39 is 5.97 Å². The van der Waals surface area contributed by atoms with Crippen molar-refractivity contribution in [2.24, 2.45) is 10.7 Å². The van der Waals surface area contributed by atoms with E-state index in [1.807, 2.05) is 12.1 Å². The van der Waals surface area contributed by atoms with Crippen LogP contribution in [-0.4, -0.2) is 30.4 Å². The fraction of sp³-hybridized carbons (Fsp3) is 0.226. The van der Waals surface area contributed by atoms with E-state index in [1.165, 1.54) is 22.4 Å². The number of aliphatic imine (C=N–C) groups is 1. The molecule has 0 bridgehead atoms. The van der Waals surface area contributed by atoms with Gasteiger partial charge in [-0.25, -0.2) is 4.79 Å². The number of nitrogens with zero attached hydrogens (tertiary/aromatic N) is 2. The van der Waals surface area contributed by atoms with Crippen LogP contribution in [0.15, 0.2) is 84.0 Å². The maximum atomic E-state index is 10.9. The molecule has 0 amide bonds. The Morgan fingerprint density at radius 1 is 1.11 bits per heavy atom. The minimum Gasteiger partial charge on any atom is -0.478 e. The van der Waals surface area contributed by atoms with Crippen LogP contribution in [0.5, 0.6) is 0 Å². The molecule has 0 aromatic heterocycles. The Morgan fingerprint density at radius 3 is 2.44 bits per heavy atom. The maximum Gasteiger partial charge on any atom is 0.328 e. The Labute approximate surface area is 213 Å². The van der Waals surface area contributed by atoms with E-state index in [9.17, 15) is 4.79 Å². The highest BCUT2D eigenvalue weighted by Gasteiger charge is 2.33. The number of benzene rings is 3. The largest absolute Gasteiger partial charge is 0.478 e. The predicted molar refractivity (Wildman–Crippen MR) is 149 cm³/mol. The molecule has 2 atom stereocenters. The summed E-state index contributed by atoms with van der Waals surface area (Å²) >= 11 is 0. The fourth-order valence-corrected chi connectivity index (χ4v) is 5.01. The van der Waals surface area contributed by atoms with Crippen LogP contribution in [0.2, 0.25) is 0 Å². The number of carboxylic acid groups (broad SMARTS) is 1. The first-order chi connectivity index (χ1) is 17.4. The second-order valence-corrected chi connectivity index (χ2v) is 9.14. The van der Waals surface area contributed by atoms with Crippen molar-refractivity contribution in [3.05, 3.63) is 112 Å². The van der Waals surface area contributed by atoms with Crippen molar-refractivity contribution < 1.29 is 9.90 Å². The molecular formula is C31H33N3O2. The number of rotatable bonds is 7. The van der Waals surface area contributed by atoms with Crippen LogP contribution in [0.25, 0.3) is 11.6 Å². The molecule has 0 aliphatic carbocycles. The van der Waals surface area contributed by atoms with E-state index in [-0.39, 0.29) is 12.1 Å². The molecule has 1 aliphatic rings. The normalized spacial score (nSPS) is 18.1. The second-order valence-electron chi connectivity index (χ2n) is 9.14. The van der Waals surface area contributed by atoms with Crippen molar-refractivity contribution >= 4 is 29.5 Å². The molecule has 36 heavy (non-hydrogen) atoms. The molecule has 0 radical (unpaired) electrons. The molecule has 0 saturated heterocycles. The van der Waals surface area contributed by atoms with Crippen LogP contribution < -0.4 is 10.6 Å². The standard InChI is InChI=1S/C31H33N3O2/c1-4-22-7-13-28(14-8-22)34-21(2)17-26-18-25(27(19-32)20-33-3)12-15-29(26)31(34)24-10-5-23(6-11-24)9-16-30(35)36/h5-16,18-21,31H,4,17,32H2,1-3H3,(H,35,36)/b16-9+,27-19?,33-20?. The van der Waals surface area contributed by atoms with Gasteiger partial charge in [0.25, 0.3) is 0 Å². The average Bonchev–Trinajstić information content (AvgIpc) is 2.90. The SMILES string of the molecule is CCc1ccc(N2C(C)Cc3cc(C(C=NC)=CN)ccc3C2c2ccc(/C=C/C(=O)O)cc2)cc1. The smallest absolute Gasteiger partial charge is 0.328 e. The zero-order chi connectivity index (χ0) is 25.7. The summed E-state index contributed by atoms with van der Waals surface area (Å²) in [5, 5.41) is 8.97. The van der Waals surface area contributed by atoms with Crippen molar-refractivity contribution in [2.45, 2.75) is 38.8 Å². The Hall–Kier alpha value is -4.12. The Morgan fingerprint density at radius 2 is 1.83 bits per heavy atom. The van der Waals surface area contributed by atoms with Gasteiger partial charge < -0.3 is 15.7 Å². The number of anilines is 1. The number of hydrogen-bond donors (Lipinski definition) is 2. The van der Waals surface area contributed by atoms with E-state index in [0.29, 0.717) is 0 Å². The number of hydrogen-bond acceptors (Lipinski definition) is 4. The Bertz CT molecular complexity index is 1300. The van der Waals surface area contributed by atoms with Gasteiger partial charge in [-0.3, -0.25) is 4.99 Å². The minimum atomic E-state index is -0.953. The monoisotopic (exact) mass is 479 g/mol. The summed E-state index contributed by atoms with van der Waals surface area (Å²) in [4.78, 5) is 17.6. The van der Waals surface area contributed by atoms with Crippen LogP contribution in [-0.2, 0) is 17.6 Å². The predicted octanol–water partition coefficient (Wildman–Crippen LogP) is 5.89. The van der Waals surface area contributed by atoms with Gasteiger partial charge in [0.2, 0.25) is 0 Å². The van der Waals surface area contributed by atoms with Crippen LogP contribution in [0.3, 0.4) is 0 Å². The van der Waals surface area contributed by atoms with Gasteiger partial charge in [-0.05, 0) is 71.4 Å². The lowest BCUT2D eigenvalue weighted by molar-refractivity contribution is -0.131. The lowest BCUT2D eigenvalue weighted by Gasteiger charge is -2.44. The minimum absolute atomic E-state index is 0.0212. The maximum absolute atomic E-state index is 10.9. The number of fused-ring (bicyclic) bond motifs is 1. The summed E-state index contributed by atoms with van der Waals surface area (Å²) < 4.78 is 0. The number of allylic oxidation sites excluding steroid dienone is 1. The van der Waals surface area contributed by atoms with Crippen LogP contribution in [0.4, 0.5) is 5.69 Å². The summed E-state index contributed by atoms with van der Waals surface area (Å²) in [5.41, 5.74) is 14.9. The van der Waals surface area contributed by atoms with Gasteiger partial charge in [-0.1, -0.05) is 61.5 Å². The van der Waals surface area contributed by atoms with Gasteiger partial charge >= 0.3 is 5.97 Å². The highest BCUT2D eigenvalue weighted by Crippen LogP contribution is 2.41. The number of carboxylic acids is 1. The summed E-state index contributed by atoms with van der Waals surface area (Å²) in [5.74, 6) is -0.953. The highest BCUT2D eigenvalue weighted by molar-refractivity contribution is 6.09. The van der Waals surface area contributed by atoms with Gasteiger partial charge in [0, 0.05) is 42.8 Å². The molecule has 1 aliphatic heterocycles. The van der Waals surface area contributed by atoms with Gasteiger partial charge in [-0.15, -0.1) is 0 Å². The van der Waals surface area contributed by atoms with Crippen LogP contribution in [0, 0.1) is 0 Å². The summed E-state index contributed by atoms with van der Waals surface area (Å²) in [7, 11) is 1.75. The molecule has 3 N–H and O–H groups in total. The quantitative estimate of drug-likeness (QED) is 0.327. The molecule has 5 nitrogen and oxygen atoms in total. The second kappa shape index (κ2) is 11.1. The third kappa shape index (κ3) is 5.25. The van der Waals surface area contributed by atoms with E-state index in [4.69, 9.17) is 10.8 Å². The molecule has 3 aromatic carbocycles.